The van der Waals surface area contributed by atoms with Gasteiger partial charge in [0.25, 0.3) is 5.91 Å². The Bertz CT molecular complexity index is 1120. The van der Waals surface area contributed by atoms with Crippen molar-refractivity contribution >= 4 is 17.3 Å². The summed E-state index contributed by atoms with van der Waals surface area (Å²) in [6, 6.07) is 11.5. The SMILES string of the molecule is O=C(Nc1ccccc1N1CCCC1)c1nn(-c2ccc(F)c(F)c2)c2c1CCC2. The summed E-state index contributed by atoms with van der Waals surface area (Å²) in [5.41, 5.74) is 4.32. The summed E-state index contributed by atoms with van der Waals surface area (Å²) < 4.78 is 28.7. The number of para-hydroxylation sites is 2. The van der Waals surface area contributed by atoms with E-state index in [1.165, 1.54) is 6.07 Å². The lowest BCUT2D eigenvalue weighted by atomic mass is 10.1. The lowest BCUT2D eigenvalue weighted by Crippen LogP contribution is -2.21. The summed E-state index contributed by atoms with van der Waals surface area (Å²) >= 11 is 0. The number of amides is 1. The van der Waals surface area contributed by atoms with Gasteiger partial charge in [-0.2, -0.15) is 5.10 Å². The van der Waals surface area contributed by atoms with E-state index < -0.39 is 11.6 Å². The smallest absolute Gasteiger partial charge is 0.276 e. The van der Waals surface area contributed by atoms with E-state index in [4.69, 9.17) is 0 Å². The van der Waals surface area contributed by atoms with E-state index in [0.717, 1.165) is 80.0 Å². The van der Waals surface area contributed by atoms with Crippen molar-refractivity contribution in [2.24, 2.45) is 0 Å². The molecule has 0 spiro atoms. The van der Waals surface area contributed by atoms with Gasteiger partial charge in [-0.15, -0.1) is 0 Å². The van der Waals surface area contributed by atoms with Crippen molar-refractivity contribution < 1.29 is 13.6 Å². The molecule has 3 aromatic rings. The van der Waals surface area contributed by atoms with Gasteiger partial charge < -0.3 is 10.2 Å². The fourth-order valence-corrected chi connectivity index (χ4v) is 4.44. The third-order valence-electron chi connectivity index (χ3n) is 5.89. The van der Waals surface area contributed by atoms with Crippen LogP contribution in [0.5, 0.6) is 0 Å². The van der Waals surface area contributed by atoms with E-state index in [0.29, 0.717) is 11.4 Å². The summed E-state index contributed by atoms with van der Waals surface area (Å²) in [5.74, 6) is -2.11. The molecule has 1 fully saturated rings. The van der Waals surface area contributed by atoms with E-state index in [9.17, 15) is 13.6 Å². The number of nitrogens with zero attached hydrogens (tertiary/aromatic N) is 3. The second-order valence-corrected chi connectivity index (χ2v) is 7.80. The van der Waals surface area contributed by atoms with Crippen molar-refractivity contribution in [1.82, 2.24) is 9.78 Å². The molecule has 0 saturated carbocycles. The van der Waals surface area contributed by atoms with Crippen molar-refractivity contribution in [3.8, 4) is 5.69 Å². The normalized spacial score (nSPS) is 15.5. The largest absolute Gasteiger partial charge is 0.370 e. The minimum absolute atomic E-state index is 0.277. The summed E-state index contributed by atoms with van der Waals surface area (Å²) in [4.78, 5) is 15.4. The number of anilines is 2. The van der Waals surface area contributed by atoms with Crippen LogP contribution in [0, 0.1) is 11.6 Å². The number of halogens is 2. The molecule has 1 amide bonds. The van der Waals surface area contributed by atoms with Crippen LogP contribution in [-0.2, 0) is 12.8 Å². The van der Waals surface area contributed by atoms with Gasteiger partial charge in [0.05, 0.1) is 17.1 Å². The monoisotopic (exact) mass is 408 g/mol. The molecule has 1 saturated heterocycles. The summed E-state index contributed by atoms with van der Waals surface area (Å²) in [6.45, 7) is 1.96. The first-order chi connectivity index (χ1) is 14.6. The number of hydrogen-bond donors (Lipinski definition) is 1. The minimum Gasteiger partial charge on any atom is -0.370 e. The third-order valence-corrected chi connectivity index (χ3v) is 5.89. The molecule has 0 bridgehead atoms. The van der Waals surface area contributed by atoms with Gasteiger partial charge >= 0.3 is 0 Å². The minimum atomic E-state index is -0.930. The Morgan fingerprint density at radius 3 is 2.57 bits per heavy atom. The van der Waals surface area contributed by atoms with Crippen LogP contribution in [0.2, 0.25) is 0 Å². The number of carbonyl (C=O) groups is 1. The first-order valence-corrected chi connectivity index (χ1v) is 10.3. The second kappa shape index (κ2) is 7.55. The highest BCUT2D eigenvalue weighted by Gasteiger charge is 2.28. The number of rotatable bonds is 4. The average Bonchev–Trinajstić information content (AvgIpc) is 3.48. The lowest BCUT2D eigenvalue weighted by molar-refractivity contribution is 0.102. The zero-order valence-electron chi connectivity index (χ0n) is 16.5. The molecular formula is C23H22F2N4O. The van der Waals surface area contributed by atoms with E-state index >= 15 is 0 Å². The zero-order valence-corrected chi connectivity index (χ0v) is 16.5. The molecule has 0 radical (unpaired) electrons. The van der Waals surface area contributed by atoms with Crippen LogP contribution in [0.4, 0.5) is 20.2 Å². The van der Waals surface area contributed by atoms with Crippen LogP contribution in [0.25, 0.3) is 5.69 Å². The van der Waals surface area contributed by atoms with Crippen LogP contribution >= 0.6 is 0 Å². The molecule has 2 heterocycles. The van der Waals surface area contributed by atoms with Gasteiger partial charge in [0, 0.05) is 30.4 Å². The number of aromatic nitrogens is 2. The highest BCUT2D eigenvalue weighted by Crippen LogP contribution is 2.31. The fourth-order valence-electron chi connectivity index (χ4n) is 4.44. The van der Waals surface area contributed by atoms with Gasteiger partial charge in [0.1, 0.15) is 0 Å². The Morgan fingerprint density at radius 2 is 1.77 bits per heavy atom. The van der Waals surface area contributed by atoms with Crippen molar-refractivity contribution in [3.63, 3.8) is 0 Å². The molecule has 1 N–H and O–H groups in total. The van der Waals surface area contributed by atoms with Crippen LogP contribution in [0.3, 0.4) is 0 Å². The molecule has 1 aromatic heterocycles. The number of benzene rings is 2. The van der Waals surface area contributed by atoms with E-state index in [1.54, 1.807) is 4.68 Å². The van der Waals surface area contributed by atoms with Gasteiger partial charge in [0.15, 0.2) is 17.3 Å². The first kappa shape index (κ1) is 18.8. The van der Waals surface area contributed by atoms with Crippen molar-refractivity contribution in [2.75, 3.05) is 23.3 Å². The van der Waals surface area contributed by atoms with E-state index in [2.05, 4.69) is 15.3 Å². The Kier molecular flexibility index (Phi) is 4.73. The maximum Gasteiger partial charge on any atom is 0.276 e. The molecule has 0 unspecified atom stereocenters. The molecule has 5 nitrogen and oxygen atoms in total. The molecule has 2 aromatic carbocycles. The molecule has 7 heteroatoms. The Labute approximate surface area is 173 Å². The Morgan fingerprint density at radius 1 is 0.967 bits per heavy atom. The number of nitrogens with one attached hydrogen (secondary N) is 1. The van der Waals surface area contributed by atoms with Crippen LogP contribution in [-0.4, -0.2) is 28.8 Å². The van der Waals surface area contributed by atoms with Crippen LogP contribution < -0.4 is 10.2 Å². The standard InChI is InChI=1S/C23H22F2N4O/c24-17-11-10-15(14-18(17)25)29-20-9-5-6-16(20)22(27-29)23(30)26-19-7-1-2-8-21(19)28-12-3-4-13-28/h1-2,7-8,10-11,14H,3-6,9,12-13H2,(H,26,30). The van der Waals surface area contributed by atoms with E-state index in [1.807, 2.05) is 24.3 Å². The van der Waals surface area contributed by atoms with Crippen molar-refractivity contribution in [3.05, 3.63) is 71.1 Å². The number of carbonyl (C=O) groups excluding carboxylic acids is 1. The van der Waals surface area contributed by atoms with Crippen molar-refractivity contribution in [2.45, 2.75) is 32.1 Å². The molecule has 30 heavy (non-hydrogen) atoms. The Balaban J connectivity index is 1.48. The lowest BCUT2D eigenvalue weighted by Gasteiger charge is -2.21. The van der Waals surface area contributed by atoms with Gasteiger partial charge in [-0.1, -0.05) is 12.1 Å². The van der Waals surface area contributed by atoms with Gasteiger partial charge in [-0.25, -0.2) is 13.5 Å². The Hall–Kier alpha value is -3.22. The molecular weight excluding hydrogens is 386 g/mol. The van der Waals surface area contributed by atoms with Gasteiger partial charge in [0.2, 0.25) is 0 Å². The molecule has 154 valence electrons. The molecule has 5 rings (SSSR count). The maximum absolute atomic E-state index is 13.8. The molecule has 1 aliphatic heterocycles. The zero-order chi connectivity index (χ0) is 20.7. The molecule has 1 aliphatic carbocycles. The maximum atomic E-state index is 13.8. The van der Waals surface area contributed by atoms with Gasteiger partial charge in [-0.05, 0) is 56.4 Å². The quantitative estimate of drug-likeness (QED) is 0.692. The van der Waals surface area contributed by atoms with Crippen molar-refractivity contribution in [1.29, 1.82) is 0 Å². The number of fused-ring (bicyclic) bond motifs is 1. The predicted octanol–water partition coefficient (Wildman–Crippen LogP) is 4.49. The van der Waals surface area contributed by atoms with Crippen LogP contribution in [0.15, 0.2) is 42.5 Å². The predicted molar refractivity (Wildman–Crippen MR) is 111 cm³/mol. The highest BCUT2D eigenvalue weighted by molar-refractivity contribution is 6.06. The summed E-state index contributed by atoms with van der Waals surface area (Å²) in [6.07, 6.45) is 4.69. The first-order valence-electron chi connectivity index (χ1n) is 10.3. The highest BCUT2D eigenvalue weighted by atomic mass is 19.2. The fraction of sp³-hybridized carbons (Fsp3) is 0.304. The second-order valence-electron chi connectivity index (χ2n) is 7.80. The van der Waals surface area contributed by atoms with Gasteiger partial charge in [-0.3, -0.25) is 4.79 Å². The number of hydrogen-bond acceptors (Lipinski definition) is 3. The summed E-state index contributed by atoms with van der Waals surface area (Å²) in [7, 11) is 0. The van der Waals surface area contributed by atoms with Crippen LogP contribution in [0.1, 0.15) is 41.0 Å². The molecule has 0 atom stereocenters. The summed E-state index contributed by atoms with van der Waals surface area (Å²) in [5, 5.41) is 7.53. The average molecular weight is 408 g/mol. The molecule has 2 aliphatic rings. The van der Waals surface area contributed by atoms with E-state index in [-0.39, 0.29) is 5.91 Å². The third kappa shape index (κ3) is 3.24. The topological polar surface area (TPSA) is 50.2 Å².